The molecule has 1 aromatic rings. The third kappa shape index (κ3) is 1.72. The van der Waals surface area contributed by atoms with Crippen molar-refractivity contribution in [3.8, 4) is 6.07 Å². The average molecular weight is 255 g/mol. The van der Waals surface area contributed by atoms with E-state index in [1.165, 1.54) is 12.0 Å². The first-order chi connectivity index (χ1) is 9.11. The van der Waals surface area contributed by atoms with Crippen LogP contribution in [0.2, 0.25) is 0 Å². The minimum absolute atomic E-state index is 0.511. The van der Waals surface area contributed by atoms with Gasteiger partial charge in [0.2, 0.25) is 0 Å². The standard InChI is InChI=1S/C17H21NO/c1-13-5-4-9-17(19,11-13)16(12-18)10-8-14-6-2-3-7-15(14)16/h2-3,6-7,13,19H,4-5,8-11H2,1H3. The van der Waals surface area contributed by atoms with E-state index in [-0.39, 0.29) is 0 Å². The Morgan fingerprint density at radius 3 is 2.84 bits per heavy atom. The topological polar surface area (TPSA) is 44.0 Å². The normalized spacial score (nSPS) is 37.6. The van der Waals surface area contributed by atoms with Gasteiger partial charge in [-0.1, -0.05) is 44.0 Å². The van der Waals surface area contributed by atoms with E-state index in [0.717, 1.165) is 37.7 Å². The summed E-state index contributed by atoms with van der Waals surface area (Å²) >= 11 is 0. The molecule has 0 bridgehead atoms. The zero-order valence-electron chi connectivity index (χ0n) is 11.5. The van der Waals surface area contributed by atoms with Crippen molar-refractivity contribution in [3.63, 3.8) is 0 Å². The van der Waals surface area contributed by atoms with Gasteiger partial charge in [-0.2, -0.15) is 5.26 Å². The van der Waals surface area contributed by atoms with Gasteiger partial charge < -0.3 is 5.11 Å². The Morgan fingerprint density at radius 2 is 2.11 bits per heavy atom. The summed E-state index contributed by atoms with van der Waals surface area (Å²) in [5.74, 6) is 0.511. The third-order valence-corrected chi connectivity index (χ3v) is 5.21. The molecule has 0 spiro atoms. The number of nitrogens with zero attached hydrogens (tertiary/aromatic N) is 1. The number of aliphatic hydroxyl groups is 1. The molecule has 0 aliphatic heterocycles. The van der Waals surface area contributed by atoms with E-state index >= 15 is 0 Å². The predicted molar refractivity (Wildman–Crippen MR) is 74.6 cm³/mol. The van der Waals surface area contributed by atoms with Gasteiger partial charge in [-0.15, -0.1) is 0 Å². The minimum Gasteiger partial charge on any atom is -0.388 e. The third-order valence-electron chi connectivity index (χ3n) is 5.21. The first-order valence-corrected chi connectivity index (χ1v) is 7.33. The molecule has 0 aromatic heterocycles. The van der Waals surface area contributed by atoms with Gasteiger partial charge in [0.1, 0.15) is 5.41 Å². The summed E-state index contributed by atoms with van der Waals surface area (Å²) in [5, 5.41) is 21.1. The van der Waals surface area contributed by atoms with Crippen molar-refractivity contribution in [1.82, 2.24) is 0 Å². The van der Waals surface area contributed by atoms with Crippen molar-refractivity contribution in [1.29, 1.82) is 5.26 Å². The van der Waals surface area contributed by atoms with Crippen LogP contribution in [0.4, 0.5) is 0 Å². The molecule has 2 nitrogen and oxygen atoms in total. The number of rotatable bonds is 1. The molecule has 0 amide bonds. The van der Waals surface area contributed by atoms with Gasteiger partial charge in [0, 0.05) is 0 Å². The Hall–Kier alpha value is -1.33. The van der Waals surface area contributed by atoms with Gasteiger partial charge in [0.15, 0.2) is 0 Å². The molecule has 2 aliphatic carbocycles. The van der Waals surface area contributed by atoms with Crippen LogP contribution in [0.3, 0.4) is 0 Å². The summed E-state index contributed by atoms with van der Waals surface area (Å²) < 4.78 is 0. The zero-order chi connectivity index (χ0) is 13.5. The van der Waals surface area contributed by atoms with E-state index in [9.17, 15) is 10.4 Å². The number of nitriles is 1. The van der Waals surface area contributed by atoms with Crippen LogP contribution in [0.25, 0.3) is 0 Å². The second kappa shape index (κ2) is 4.35. The zero-order valence-corrected chi connectivity index (χ0v) is 11.5. The first kappa shape index (κ1) is 12.7. The van der Waals surface area contributed by atoms with Gasteiger partial charge >= 0.3 is 0 Å². The Bertz CT molecular complexity index is 532. The van der Waals surface area contributed by atoms with E-state index in [1.807, 2.05) is 18.2 Å². The van der Waals surface area contributed by atoms with Crippen molar-refractivity contribution >= 4 is 0 Å². The summed E-state index contributed by atoms with van der Waals surface area (Å²) in [4.78, 5) is 0. The lowest BCUT2D eigenvalue weighted by Gasteiger charge is -2.45. The van der Waals surface area contributed by atoms with Gasteiger partial charge in [0.05, 0.1) is 11.7 Å². The monoisotopic (exact) mass is 255 g/mol. The highest BCUT2D eigenvalue weighted by Crippen LogP contribution is 2.52. The molecule has 100 valence electrons. The molecule has 19 heavy (non-hydrogen) atoms. The summed E-state index contributed by atoms with van der Waals surface area (Å²) in [6.07, 6.45) is 5.41. The Morgan fingerprint density at radius 1 is 1.32 bits per heavy atom. The maximum Gasteiger partial charge on any atom is 0.111 e. The van der Waals surface area contributed by atoms with Crippen LogP contribution in [-0.4, -0.2) is 10.7 Å². The number of benzene rings is 1. The molecular formula is C17H21NO. The van der Waals surface area contributed by atoms with Gasteiger partial charge in [-0.25, -0.2) is 0 Å². The van der Waals surface area contributed by atoms with Crippen LogP contribution >= 0.6 is 0 Å². The number of fused-ring (bicyclic) bond motifs is 1. The molecule has 2 heteroatoms. The molecule has 0 radical (unpaired) electrons. The van der Waals surface area contributed by atoms with Crippen LogP contribution in [0.15, 0.2) is 24.3 Å². The smallest absolute Gasteiger partial charge is 0.111 e. The SMILES string of the molecule is CC1CCCC(O)(C2(C#N)CCc3ccccc32)C1. The summed E-state index contributed by atoms with van der Waals surface area (Å²) in [5.41, 5.74) is 0.800. The van der Waals surface area contributed by atoms with Gasteiger partial charge in [-0.05, 0) is 42.7 Å². The van der Waals surface area contributed by atoms with Crippen LogP contribution < -0.4 is 0 Å². The van der Waals surface area contributed by atoms with E-state index < -0.39 is 11.0 Å². The summed E-state index contributed by atoms with van der Waals surface area (Å²) in [6.45, 7) is 2.19. The molecule has 3 rings (SSSR count). The summed E-state index contributed by atoms with van der Waals surface area (Å²) in [7, 11) is 0. The molecule has 1 aromatic carbocycles. The maximum absolute atomic E-state index is 11.2. The Kier molecular flexibility index (Phi) is 2.91. The molecular weight excluding hydrogens is 234 g/mol. The number of aryl methyl sites for hydroxylation is 1. The van der Waals surface area contributed by atoms with Crippen LogP contribution in [-0.2, 0) is 11.8 Å². The Balaban J connectivity index is 2.09. The molecule has 0 saturated heterocycles. The van der Waals surface area contributed by atoms with Crippen molar-refractivity contribution in [2.75, 3.05) is 0 Å². The number of hydrogen-bond acceptors (Lipinski definition) is 2. The van der Waals surface area contributed by atoms with Crippen molar-refractivity contribution in [2.24, 2.45) is 5.92 Å². The summed E-state index contributed by atoms with van der Waals surface area (Å²) in [6, 6.07) is 10.7. The Labute approximate surface area is 115 Å². The lowest BCUT2D eigenvalue weighted by Crippen LogP contribution is -2.52. The van der Waals surface area contributed by atoms with E-state index in [0.29, 0.717) is 5.92 Å². The highest BCUT2D eigenvalue weighted by molar-refractivity contribution is 5.47. The quantitative estimate of drug-likeness (QED) is 0.836. The van der Waals surface area contributed by atoms with E-state index in [2.05, 4.69) is 19.1 Å². The lowest BCUT2D eigenvalue weighted by molar-refractivity contribution is -0.0613. The van der Waals surface area contributed by atoms with Crippen LogP contribution in [0.5, 0.6) is 0 Å². The second-order valence-corrected chi connectivity index (χ2v) is 6.41. The van der Waals surface area contributed by atoms with E-state index in [1.54, 1.807) is 0 Å². The molecule has 3 unspecified atom stereocenters. The highest BCUT2D eigenvalue weighted by Gasteiger charge is 2.55. The molecule has 1 N–H and O–H groups in total. The molecule has 2 aliphatic rings. The van der Waals surface area contributed by atoms with Crippen molar-refractivity contribution in [3.05, 3.63) is 35.4 Å². The number of hydrogen-bond donors (Lipinski definition) is 1. The lowest BCUT2D eigenvalue weighted by atomic mass is 9.61. The molecule has 1 saturated carbocycles. The fourth-order valence-corrected chi connectivity index (χ4v) is 4.23. The van der Waals surface area contributed by atoms with Crippen molar-refractivity contribution < 1.29 is 5.11 Å². The van der Waals surface area contributed by atoms with Gasteiger partial charge in [-0.3, -0.25) is 0 Å². The van der Waals surface area contributed by atoms with Crippen LogP contribution in [0.1, 0.15) is 50.2 Å². The maximum atomic E-state index is 11.2. The fraction of sp³-hybridized carbons (Fsp3) is 0.588. The highest BCUT2D eigenvalue weighted by atomic mass is 16.3. The molecule has 3 atom stereocenters. The average Bonchev–Trinajstić information content (AvgIpc) is 2.79. The fourth-order valence-electron chi connectivity index (χ4n) is 4.23. The molecule has 1 fully saturated rings. The van der Waals surface area contributed by atoms with E-state index in [4.69, 9.17) is 0 Å². The van der Waals surface area contributed by atoms with Gasteiger partial charge in [0.25, 0.3) is 0 Å². The largest absolute Gasteiger partial charge is 0.388 e. The minimum atomic E-state index is -0.841. The van der Waals surface area contributed by atoms with Crippen LogP contribution in [0, 0.1) is 17.2 Å². The molecule has 0 heterocycles. The predicted octanol–water partition coefficient (Wildman–Crippen LogP) is 3.34. The van der Waals surface area contributed by atoms with Crippen molar-refractivity contribution in [2.45, 2.75) is 56.5 Å². The second-order valence-electron chi connectivity index (χ2n) is 6.41. The first-order valence-electron chi connectivity index (χ1n) is 7.33.